The third-order valence-electron chi connectivity index (χ3n) is 3.43. The molecule has 2 rings (SSSR count). The molecule has 1 aromatic carbocycles. The van der Waals surface area contributed by atoms with Crippen LogP contribution >= 0.6 is 0 Å². The predicted octanol–water partition coefficient (Wildman–Crippen LogP) is 2.13. The van der Waals surface area contributed by atoms with E-state index in [-0.39, 0.29) is 12.5 Å². The molecule has 1 amide bonds. The first-order valence-corrected chi connectivity index (χ1v) is 6.85. The summed E-state index contributed by atoms with van der Waals surface area (Å²) in [4.78, 5) is 13.8. The van der Waals surface area contributed by atoms with E-state index in [1.807, 2.05) is 17.0 Å². The molecule has 0 unspecified atom stereocenters. The van der Waals surface area contributed by atoms with E-state index in [1.54, 1.807) is 19.1 Å². The molecule has 4 nitrogen and oxygen atoms in total. The van der Waals surface area contributed by atoms with Crippen LogP contribution < -0.4 is 4.74 Å². The van der Waals surface area contributed by atoms with Crippen molar-refractivity contribution < 1.29 is 14.6 Å². The molecule has 1 aromatic rings. The zero-order valence-electron chi connectivity index (χ0n) is 11.3. The first-order valence-electron chi connectivity index (χ1n) is 6.85. The number of nitrogens with zero attached hydrogens (tertiary/aromatic N) is 1. The van der Waals surface area contributed by atoms with Crippen LogP contribution in [-0.4, -0.2) is 35.6 Å². The highest BCUT2D eigenvalue weighted by atomic mass is 16.5. The highest BCUT2D eigenvalue weighted by molar-refractivity contribution is 5.77. The summed E-state index contributed by atoms with van der Waals surface area (Å²) in [7, 11) is 0. The lowest BCUT2D eigenvalue weighted by Gasteiger charge is -2.26. The van der Waals surface area contributed by atoms with Gasteiger partial charge in [0.25, 0.3) is 5.91 Å². The fraction of sp³-hybridized carbons (Fsp3) is 0.533. The number of ether oxygens (including phenoxy) is 1. The molecule has 1 aliphatic heterocycles. The Morgan fingerprint density at radius 3 is 2.47 bits per heavy atom. The lowest BCUT2D eigenvalue weighted by Crippen LogP contribution is -2.38. The quantitative estimate of drug-likeness (QED) is 0.905. The zero-order chi connectivity index (χ0) is 13.7. The Kier molecular flexibility index (Phi) is 4.80. The van der Waals surface area contributed by atoms with E-state index < -0.39 is 6.10 Å². The lowest BCUT2D eigenvalue weighted by atomic mass is 10.1. The van der Waals surface area contributed by atoms with Crippen molar-refractivity contribution in [3.63, 3.8) is 0 Å². The van der Waals surface area contributed by atoms with Crippen molar-refractivity contribution in [1.29, 1.82) is 0 Å². The number of aliphatic hydroxyl groups excluding tert-OH is 1. The minimum atomic E-state index is -0.482. The van der Waals surface area contributed by atoms with Crippen molar-refractivity contribution in [3.8, 4) is 5.75 Å². The SMILES string of the molecule is C[C@@H](O)c1ccc(OCC(=O)N2CCCCC2)cc1. The third-order valence-corrected chi connectivity index (χ3v) is 3.43. The molecule has 0 saturated carbocycles. The van der Waals surface area contributed by atoms with Crippen LogP contribution in [0.2, 0.25) is 0 Å². The molecule has 104 valence electrons. The Balaban J connectivity index is 1.82. The molecule has 0 aliphatic carbocycles. The van der Waals surface area contributed by atoms with Crippen LogP contribution in [-0.2, 0) is 4.79 Å². The van der Waals surface area contributed by atoms with Gasteiger partial charge in [-0.25, -0.2) is 0 Å². The van der Waals surface area contributed by atoms with Gasteiger partial charge < -0.3 is 14.7 Å². The molecular weight excluding hydrogens is 242 g/mol. The molecule has 4 heteroatoms. The van der Waals surface area contributed by atoms with Gasteiger partial charge in [0.15, 0.2) is 6.61 Å². The Bertz CT molecular complexity index is 408. The summed E-state index contributed by atoms with van der Waals surface area (Å²) in [6.45, 7) is 3.51. The molecule has 1 heterocycles. The highest BCUT2D eigenvalue weighted by Crippen LogP contribution is 2.17. The van der Waals surface area contributed by atoms with Crippen LogP contribution in [0.15, 0.2) is 24.3 Å². The second-order valence-corrected chi connectivity index (χ2v) is 4.98. The van der Waals surface area contributed by atoms with Crippen molar-refractivity contribution in [1.82, 2.24) is 4.90 Å². The summed E-state index contributed by atoms with van der Waals surface area (Å²) >= 11 is 0. The molecule has 1 atom stereocenters. The topological polar surface area (TPSA) is 49.8 Å². The first-order chi connectivity index (χ1) is 9.16. The van der Waals surface area contributed by atoms with Crippen molar-refractivity contribution in [2.75, 3.05) is 19.7 Å². The van der Waals surface area contributed by atoms with Crippen molar-refractivity contribution in [2.45, 2.75) is 32.3 Å². The highest BCUT2D eigenvalue weighted by Gasteiger charge is 2.16. The van der Waals surface area contributed by atoms with Gasteiger partial charge in [0, 0.05) is 13.1 Å². The smallest absolute Gasteiger partial charge is 0.260 e. The van der Waals surface area contributed by atoms with E-state index in [9.17, 15) is 9.90 Å². The summed E-state index contributed by atoms with van der Waals surface area (Å²) in [5, 5.41) is 9.40. The van der Waals surface area contributed by atoms with Gasteiger partial charge in [-0.1, -0.05) is 12.1 Å². The van der Waals surface area contributed by atoms with Crippen LogP contribution in [0.1, 0.15) is 37.9 Å². The van der Waals surface area contributed by atoms with E-state index in [2.05, 4.69) is 0 Å². The number of rotatable bonds is 4. The molecule has 0 aromatic heterocycles. The number of benzene rings is 1. The number of amides is 1. The van der Waals surface area contributed by atoms with E-state index in [4.69, 9.17) is 4.74 Å². The Morgan fingerprint density at radius 1 is 1.26 bits per heavy atom. The van der Waals surface area contributed by atoms with Gasteiger partial charge in [-0.3, -0.25) is 4.79 Å². The molecule has 19 heavy (non-hydrogen) atoms. The molecule has 0 radical (unpaired) electrons. The fourth-order valence-corrected chi connectivity index (χ4v) is 2.22. The monoisotopic (exact) mass is 263 g/mol. The van der Waals surface area contributed by atoms with Crippen LogP contribution in [0.5, 0.6) is 5.75 Å². The minimum absolute atomic E-state index is 0.0549. The van der Waals surface area contributed by atoms with Gasteiger partial charge in [0.05, 0.1) is 6.10 Å². The molecule has 0 spiro atoms. The van der Waals surface area contributed by atoms with Crippen LogP contribution in [0.3, 0.4) is 0 Å². The van der Waals surface area contributed by atoms with Crippen molar-refractivity contribution in [2.24, 2.45) is 0 Å². The van der Waals surface area contributed by atoms with Crippen LogP contribution in [0.4, 0.5) is 0 Å². The number of hydrogen-bond donors (Lipinski definition) is 1. The lowest BCUT2D eigenvalue weighted by molar-refractivity contribution is -0.134. The molecule has 1 N–H and O–H groups in total. The molecule has 0 bridgehead atoms. The Hall–Kier alpha value is -1.55. The van der Waals surface area contributed by atoms with E-state index in [0.29, 0.717) is 5.75 Å². The van der Waals surface area contributed by atoms with Gasteiger partial charge in [0.1, 0.15) is 5.75 Å². The van der Waals surface area contributed by atoms with Crippen molar-refractivity contribution in [3.05, 3.63) is 29.8 Å². The summed E-state index contributed by atoms with van der Waals surface area (Å²) in [5.41, 5.74) is 0.842. The van der Waals surface area contributed by atoms with Gasteiger partial charge >= 0.3 is 0 Å². The number of aliphatic hydroxyl groups is 1. The predicted molar refractivity (Wildman–Crippen MR) is 73.0 cm³/mol. The average molecular weight is 263 g/mol. The molecule has 1 fully saturated rings. The second kappa shape index (κ2) is 6.57. The minimum Gasteiger partial charge on any atom is -0.484 e. The number of piperidine rings is 1. The standard InChI is InChI=1S/C15H21NO3/c1-12(17)13-5-7-14(8-6-13)19-11-15(18)16-9-3-2-4-10-16/h5-8,12,17H,2-4,9-11H2,1H3/t12-/m1/s1. The third kappa shape index (κ3) is 3.96. The maximum atomic E-state index is 11.9. The van der Waals surface area contributed by atoms with Crippen LogP contribution in [0.25, 0.3) is 0 Å². The number of carbonyl (C=O) groups is 1. The average Bonchev–Trinajstić information content (AvgIpc) is 2.46. The van der Waals surface area contributed by atoms with Crippen molar-refractivity contribution >= 4 is 5.91 Å². The zero-order valence-corrected chi connectivity index (χ0v) is 11.3. The fourth-order valence-electron chi connectivity index (χ4n) is 2.22. The van der Waals surface area contributed by atoms with Gasteiger partial charge in [0.2, 0.25) is 0 Å². The summed E-state index contributed by atoms with van der Waals surface area (Å²) in [5.74, 6) is 0.717. The van der Waals surface area contributed by atoms with E-state index in [1.165, 1.54) is 6.42 Å². The van der Waals surface area contributed by atoms with Gasteiger partial charge in [-0.15, -0.1) is 0 Å². The molecule has 1 saturated heterocycles. The van der Waals surface area contributed by atoms with Crippen LogP contribution in [0, 0.1) is 0 Å². The van der Waals surface area contributed by atoms with Gasteiger partial charge in [-0.2, -0.15) is 0 Å². The largest absolute Gasteiger partial charge is 0.484 e. The maximum Gasteiger partial charge on any atom is 0.260 e. The summed E-state index contributed by atoms with van der Waals surface area (Å²) < 4.78 is 5.48. The second-order valence-electron chi connectivity index (χ2n) is 4.98. The molecular formula is C15H21NO3. The van der Waals surface area contributed by atoms with Gasteiger partial charge in [-0.05, 0) is 43.9 Å². The van der Waals surface area contributed by atoms with E-state index >= 15 is 0 Å². The maximum absolute atomic E-state index is 11.9. The number of hydrogen-bond acceptors (Lipinski definition) is 3. The Labute approximate surface area is 114 Å². The number of likely N-dealkylation sites (tertiary alicyclic amines) is 1. The number of carbonyl (C=O) groups excluding carboxylic acids is 1. The van der Waals surface area contributed by atoms with E-state index in [0.717, 1.165) is 31.5 Å². The Morgan fingerprint density at radius 2 is 1.89 bits per heavy atom. The summed E-state index contributed by atoms with van der Waals surface area (Å²) in [6.07, 6.45) is 2.92. The first kappa shape index (κ1) is 13.9. The molecule has 1 aliphatic rings. The normalized spacial score (nSPS) is 17.1. The summed E-state index contributed by atoms with van der Waals surface area (Å²) in [6, 6.07) is 7.19.